The number of aryl methyl sites for hydroxylation is 1. The molecule has 0 fully saturated rings. The summed E-state index contributed by atoms with van der Waals surface area (Å²) in [7, 11) is 4.03. The molecule has 0 aliphatic carbocycles. The summed E-state index contributed by atoms with van der Waals surface area (Å²) in [5.74, 6) is -0.697. The molecule has 2 aliphatic heterocycles. The number of fused-ring (bicyclic) bond motifs is 12. The van der Waals surface area contributed by atoms with E-state index in [1.54, 1.807) is 0 Å². The number of carbonyl (C=O) groups excluding carboxylic acids is 2. The van der Waals surface area contributed by atoms with Crippen molar-refractivity contribution in [3.05, 3.63) is 66.0 Å². The second kappa shape index (κ2) is 8.13. The van der Waals surface area contributed by atoms with Crippen molar-refractivity contribution in [3.63, 3.8) is 0 Å². The average Bonchev–Trinajstić information content (AvgIpc) is 3.47. The van der Waals surface area contributed by atoms with E-state index in [0.717, 1.165) is 51.6 Å². The van der Waals surface area contributed by atoms with Gasteiger partial charge >= 0.3 is 0 Å². The Morgan fingerprint density at radius 1 is 0.886 bits per heavy atom. The van der Waals surface area contributed by atoms with Gasteiger partial charge in [0, 0.05) is 72.7 Å². The van der Waals surface area contributed by atoms with Crippen LogP contribution < -0.4 is 10.2 Å². The Morgan fingerprint density at radius 3 is 2.26 bits per heavy atom. The van der Waals surface area contributed by atoms with E-state index in [4.69, 9.17) is 4.74 Å². The highest BCUT2D eigenvalue weighted by molar-refractivity contribution is 6.50. The smallest absolute Gasteiger partial charge is 0.259 e. The zero-order chi connectivity index (χ0) is 24.3. The summed E-state index contributed by atoms with van der Waals surface area (Å²) in [4.78, 5) is 28.5. The Morgan fingerprint density at radius 2 is 1.54 bits per heavy atom. The van der Waals surface area contributed by atoms with Crippen LogP contribution in [0.25, 0.3) is 33.0 Å². The minimum Gasteiger partial charge on any atom is -0.378 e. The van der Waals surface area contributed by atoms with Crippen LogP contribution in [0.3, 0.4) is 0 Å². The fourth-order valence-electron chi connectivity index (χ4n) is 5.30. The number of nitrogens with one attached hydrogen (secondary N) is 1. The van der Waals surface area contributed by atoms with E-state index in [9.17, 15) is 9.59 Å². The van der Waals surface area contributed by atoms with Crippen molar-refractivity contribution in [2.75, 3.05) is 25.6 Å². The Balaban J connectivity index is 1.68. The number of nitrogens with zero attached hydrogens (tertiary/aromatic N) is 3. The van der Waals surface area contributed by atoms with Crippen LogP contribution in [0, 0.1) is 0 Å². The van der Waals surface area contributed by atoms with Crippen LogP contribution in [-0.2, 0) is 27.4 Å². The standard InChI is InChI=1S/C28H28N4O3/c1-17-10-11-31-15-22(20-9-8-18(30(2)3)14-24(20)31)26-25(27(33)29-28(26)34)21-16-32(12-13-35-17)23-7-5-4-6-19(21)23/h4-9,14-17H,10-13H2,1-3H3,(H,29,33,34). The van der Waals surface area contributed by atoms with Gasteiger partial charge in [0.15, 0.2) is 0 Å². The van der Waals surface area contributed by atoms with E-state index in [0.29, 0.717) is 24.3 Å². The van der Waals surface area contributed by atoms with Gasteiger partial charge in [-0.2, -0.15) is 0 Å². The molecule has 7 heteroatoms. The minimum atomic E-state index is -0.351. The Labute approximate surface area is 203 Å². The molecule has 4 aromatic rings. The molecule has 2 amide bonds. The monoisotopic (exact) mass is 468 g/mol. The fraction of sp³-hybridized carbons (Fsp3) is 0.286. The fourth-order valence-corrected chi connectivity index (χ4v) is 5.30. The molecule has 2 aromatic heterocycles. The molecule has 2 aromatic carbocycles. The van der Waals surface area contributed by atoms with E-state index in [1.165, 1.54) is 0 Å². The van der Waals surface area contributed by atoms with E-state index < -0.39 is 0 Å². The molecule has 0 saturated heterocycles. The van der Waals surface area contributed by atoms with Gasteiger partial charge in [-0.05, 0) is 31.5 Å². The Kier molecular flexibility index (Phi) is 5.04. The lowest BCUT2D eigenvalue weighted by Crippen LogP contribution is -2.22. The molecule has 0 saturated carbocycles. The first-order chi connectivity index (χ1) is 16.9. The second-order valence-electron chi connectivity index (χ2n) is 9.59. The number of hydrogen-bond acceptors (Lipinski definition) is 4. The number of anilines is 1. The summed E-state index contributed by atoms with van der Waals surface area (Å²) < 4.78 is 10.5. The van der Waals surface area contributed by atoms with E-state index >= 15 is 0 Å². The lowest BCUT2D eigenvalue weighted by Gasteiger charge is -2.16. The lowest BCUT2D eigenvalue weighted by molar-refractivity contribution is -0.122. The Hall–Kier alpha value is -3.84. The molecule has 1 unspecified atom stereocenters. The highest BCUT2D eigenvalue weighted by Gasteiger charge is 2.35. The van der Waals surface area contributed by atoms with Crippen LogP contribution in [0.15, 0.2) is 54.9 Å². The first-order valence-electron chi connectivity index (χ1n) is 12.0. The maximum Gasteiger partial charge on any atom is 0.259 e. The normalized spacial score (nSPS) is 18.7. The van der Waals surface area contributed by atoms with Crippen molar-refractivity contribution in [3.8, 4) is 0 Å². The Bertz CT molecular complexity index is 1540. The number of rotatable bonds is 1. The molecular weight excluding hydrogens is 440 g/mol. The molecule has 6 rings (SSSR count). The van der Waals surface area contributed by atoms with Crippen LogP contribution in [0.5, 0.6) is 0 Å². The van der Waals surface area contributed by atoms with Gasteiger partial charge < -0.3 is 18.8 Å². The molecular formula is C28H28N4O3. The summed E-state index contributed by atoms with van der Waals surface area (Å²) in [6.45, 7) is 4.09. The van der Waals surface area contributed by atoms with E-state index in [-0.39, 0.29) is 17.9 Å². The third kappa shape index (κ3) is 3.46. The van der Waals surface area contributed by atoms with Crippen molar-refractivity contribution in [1.82, 2.24) is 14.5 Å². The predicted octanol–water partition coefficient (Wildman–Crippen LogP) is 4.04. The summed E-state index contributed by atoms with van der Waals surface area (Å²) in [6, 6.07) is 14.3. The topological polar surface area (TPSA) is 68.5 Å². The molecule has 7 nitrogen and oxygen atoms in total. The van der Waals surface area contributed by atoms with Gasteiger partial charge in [0.1, 0.15) is 0 Å². The number of ether oxygens (including phenoxy) is 1. The highest BCUT2D eigenvalue weighted by atomic mass is 16.5. The van der Waals surface area contributed by atoms with Crippen molar-refractivity contribution in [1.29, 1.82) is 0 Å². The van der Waals surface area contributed by atoms with Gasteiger partial charge in [-0.1, -0.05) is 24.3 Å². The number of imide groups is 1. The zero-order valence-corrected chi connectivity index (χ0v) is 20.2. The number of carbonyl (C=O) groups is 2. The summed E-state index contributed by atoms with van der Waals surface area (Å²) in [6.07, 6.45) is 4.93. The van der Waals surface area contributed by atoms with Crippen molar-refractivity contribution in [2.24, 2.45) is 0 Å². The van der Waals surface area contributed by atoms with Gasteiger partial charge in [-0.3, -0.25) is 14.9 Å². The van der Waals surface area contributed by atoms with Gasteiger partial charge in [0.05, 0.1) is 29.4 Å². The second-order valence-corrected chi connectivity index (χ2v) is 9.59. The number of hydrogen-bond donors (Lipinski definition) is 1. The maximum absolute atomic E-state index is 13.3. The molecule has 4 bridgehead atoms. The zero-order valence-electron chi connectivity index (χ0n) is 20.2. The number of aromatic nitrogens is 2. The molecule has 35 heavy (non-hydrogen) atoms. The summed E-state index contributed by atoms with van der Waals surface area (Å²) >= 11 is 0. The molecule has 0 radical (unpaired) electrons. The number of para-hydroxylation sites is 1. The van der Waals surface area contributed by atoms with Gasteiger partial charge in [0.2, 0.25) is 0 Å². The van der Waals surface area contributed by atoms with E-state index in [1.807, 2.05) is 50.8 Å². The number of benzene rings is 2. The molecule has 4 heterocycles. The van der Waals surface area contributed by atoms with Crippen LogP contribution >= 0.6 is 0 Å². The first kappa shape index (κ1) is 21.7. The van der Waals surface area contributed by atoms with E-state index in [2.05, 4.69) is 44.5 Å². The summed E-state index contributed by atoms with van der Waals surface area (Å²) in [5.41, 5.74) is 5.57. The van der Waals surface area contributed by atoms with Crippen molar-refractivity contribution in [2.45, 2.75) is 32.5 Å². The largest absolute Gasteiger partial charge is 0.378 e. The van der Waals surface area contributed by atoms with Gasteiger partial charge in [0.25, 0.3) is 11.8 Å². The van der Waals surface area contributed by atoms with Crippen molar-refractivity contribution < 1.29 is 14.3 Å². The lowest BCUT2D eigenvalue weighted by atomic mass is 9.95. The van der Waals surface area contributed by atoms with Crippen LogP contribution in [-0.4, -0.2) is 47.8 Å². The maximum atomic E-state index is 13.3. The minimum absolute atomic E-state index is 0.0864. The molecule has 0 spiro atoms. The number of amides is 2. The third-order valence-electron chi connectivity index (χ3n) is 7.15. The van der Waals surface area contributed by atoms with Crippen LogP contribution in [0.2, 0.25) is 0 Å². The SMILES string of the molecule is CC1CCn2cc(c3ccc(N(C)C)cc32)C2=C(C(=O)NC2=O)c2cn(c3ccccc23)CCO1. The first-order valence-corrected chi connectivity index (χ1v) is 12.0. The highest BCUT2D eigenvalue weighted by Crippen LogP contribution is 2.39. The van der Waals surface area contributed by atoms with Crippen LogP contribution in [0.4, 0.5) is 5.69 Å². The molecule has 1 atom stereocenters. The van der Waals surface area contributed by atoms with Gasteiger partial charge in [-0.25, -0.2) is 0 Å². The average molecular weight is 469 g/mol. The summed E-state index contributed by atoms with van der Waals surface area (Å²) in [5, 5.41) is 4.48. The van der Waals surface area contributed by atoms with Crippen molar-refractivity contribution >= 4 is 50.5 Å². The molecule has 1 N–H and O–H groups in total. The quantitative estimate of drug-likeness (QED) is 0.428. The van der Waals surface area contributed by atoms with Gasteiger partial charge in [-0.15, -0.1) is 0 Å². The third-order valence-corrected chi connectivity index (χ3v) is 7.15. The molecule has 178 valence electrons. The van der Waals surface area contributed by atoms with Crippen LogP contribution in [0.1, 0.15) is 24.5 Å². The molecule has 2 aliphatic rings. The predicted molar refractivity (Wildman–Crippen MR) is 138 cm³/mol.